The fourth-order valence-electron chi connectivity index (χ4n) is 1.78. The molecule has 1 heterocycles. The zero-order valence-corrected chi connectivity index (χ0v) is 10.7. The molecule has 0 atom stereocenters. The topological polar surface area (TPSA) is 48.3 Å². The van der Waals surface area contributed by atoms with Crippen molar-refractivity contribution in [1.29, 1.82) is 0 Å². The number of carbonyl (C=O) groups excluding carboxylic acids is 1. The van der Waals surface area contributed by atoms with Crippen molar-refractivity contribution in [3.05, 3.63) is 70.1 Å². The van der Waals surface area contributed by atoms with Gasteiger partial charge >= 0.3 is 5.97 Å². The van der Waals surface area contributed by atoms with Crippen LogP contribution in [0.2, 0.25) is 0 Å². The van der Waals surface area contributed by atoms with Crippen LogP contribution in [0.5, 0.6) is 0 Å². The molecule has 98 valence electrons. The first-order valence-corrected chi connectivity index (χ1v) is 6.02. The number of carbonyl (C=O) groups is 1. The lowest BCUT2D eigenvalue weighted by molar-refractivity contribution is -0.142. The molecule has 0 aliphatic carbocycles. The molecule has 4 nitrogen and oxygen atoms in total. The van der Waals surface area contributed by atoms with Crippen LogP contribution < -0.4 is 5.56 Å². The van der Waals surface area contributed by atoms with E-state index in [1.807, 2.05) is 30.3 Å². The summed E-state index contributed by atoms with van der Waals surface area (Å²) < 4.78 is 6.47. The highest BCUT2D eigenvalue weighted by Gasteiger charge is 2.05. The third-order valence-electron chi connectivity index (χ3n) is 2.73. The smallest absolute Gasteiger partial charge is 0.302 e. The molecule has 0 saturated heterocycles. The zero-order chi connectivity index (χ0) is 13.7. The van der Waals surface area contributed by atoms with Crippen molar-refractivity contribution in [2.24, 2.45) is 0 Å². The lowest BCUT2D eigenvalue weighted by Gasteiger charge is -2.08. The Balaban J connectivity index is 2.20. The average molecular weight is 257 g/mol. The Hall–Kier alpha value is -2.36. The summed E-state index contributed by atoms with van der Waals surface area (Å²) in [7, 11) is 0. The summed E-state index contributed by atoms with van der Waals surface area (Å²) in [6.45, 7) is 1.85. The van der Waals surface area contributed by atoms with Crippen LogP contribution in [0.4, 0.5) is 0 Å². The highest BCUT2D eigenvalue weighted by molar-refractivity contribution is 5.65. The molecule has 0 fully saturated rings. The zero-order valence-electron chi connectivity index (χ0n) is 10.7. The van der Waals surface area contributed by atoms with Crippen LogP contribution in [0.25, 0.3) is 0 Å². The number of rotatable bonds is 4. The second-order valence-corrected chi connectivity index (χ2v) is 4.23. The first-order chi connectivity index (χ1) is 9.16. The maximum Gasteiger partial charge on any atom is 0.302 e. The van der Waals surface area contributed by atoms with E-state index in [9.17, 15) is 9.59 Å². The molecule has 0 bridgehead atoms. The number of ether oxygens (including phenoxy) is 1. The first kappa shape index (κ1) is 13.1. The second kappa shape index (κ2) is 6.00. The molecular formula is C15H15NO3. The summed E-state index contributed by atoms with van der Waals surface area (Å²) in [5.74, 6) is -0.391. The molecular weight excluding hydrogens is 242 g/mol. The molecule has 0 unspecified atom stereocenters. The number of hydrogen-bond donors (Lipinski definition) is 0. The van der Waals surface area contributed by atoms with Gasteiger partial charge in [0.25, 0.3) is 5.56 Å². The minimum absolute atomic E-state index is 0.0177. The molecule has 0 amide bonds. The number of aromatic nitrogens is 1. The van der Waals surface area contributed by atoms with Crippen LogP contribution in [0.1, 0.15) is 18.1 Å². The van der Waals surface area contributed by atoms with Gasteiger partial charge < -0.3 is 9.30 Å². The maximum atomic E-state index is 12.2. The van der Waals surface area contributed by atoms with Crippen LogP contribution in [0, 0.1) is 0 Å². The van der Waals surface area contributed by atoms with Crippen LogP contribution in [0.15, 0.2) is 53.5 Å². The van der Waals surface area contributed by atoms with Crippen molar-refractivity contribution in [3.8, 4) is 0 Å². The number of benzene rings is 1. The van der Waals surface area contributed by atoms with E-state index in [0.29, 0.717) is 12.1 Å². The van der Waals surface area contributed by atoms with Gasteiger partial charge in [0.1, 0.15) is 6.61 Å². The Morgan fingerprint density at radius 3 is 2.58 bits per heavy atom. The Labute approximate surface area is 111 Å². The lowest BCUT2D eigenvalue weighted by Crippen LogP contribution is -2.24. The number of nitrogens with zero attached hydrogens (tertiary/aromatic N) is 1. The summed E-state index contributed by atoms with van der Waals surface area (Å²) in [6, 6.07) is 13.2. The monoisotopic (exact) mass is 257 g/mol. The fourth-order valence-corrected chi connectivity index (χ4v) is 1.78. The van der Waals surface area contributed by atoms with E-state index in [2.05, 4.69) is 0 Å². The van der Waals surface area contributed by atoms with Gasteiger partial charge in [-0.2, -0.15) is 0 Å². The Morgan fingerprint density at radius 1 is 1.16 bits per heavy atom. The largest absolute Gasteiger partial charge is 0.461 e. The predicted molar refractivity (Wildman–Crippen MR) is 71.7 cm³/mol. The molecule has 2 rings (SSSR count). The minimum Gasteiger partial charge on any atom is -0.461 e. The van der Waals surface area contributed by atoms with Gasteiger partial charge in [-0.3, -0.25) is 9.59 Å². The van der Waals surface area contributed by atoms with Crippen molar-refractivity contribution in [2.75, 3.05) is 0 Å². The van der Waals surface area contributed by atoms with E-state index in [4.69, 9.17) is 4.74 Å². The maximum absolute atomic E-state index is 12.2. The van der Waals surface area contributed by atoms with Crippen molar-refractivity contribution >= 4 is 5.97 Å². The van der Waals surface area contributed by atoms with Crippen LogP contribution in [-0.2, 0) is 22.7 Å². The Morgan fingerprint density at radius 2 is 1.89 bits per heavy atom. The average Bonchev–Trinajstić information content (AvgIpc) is 2.41. The van der Waals surface area contributed by atoms with Crippen LogP contribution in [-0.4, -0.2) is 10.5 Å². The van der Waals surface area contributed by atoms with E-state index in [0.717, 1.165) is 5.56 Å². The highest BCUT2D eigenvalue weighted by atomic mass is 16.5. The van der Waals surface area contributed by atoms with Crippen molar-refractivity contribution in [2.45, 2.75) is 20.1 Å². The summed E-state index contributed by atoms with van der Waals surface area (Å²) in [4.78, 5) is 22.9. The van der Waals surface area contributed by atoms with E-state index in [-0.39, 0.29) is 12.2 Å². The van der Waals surface area contributed by atoms with Crippen LogP contribution in [0.3, 0.4) is 0 Å². The van der Waals surface area contributed by atoms with E-state index in [1.54, 1.807) is 22.9 Å². The van der Waals surface area contributed by atoms with Crippen molar-refractivity contribution in [1.82, 2.24) is 4.57 Å². The lowest BCUT2D eigenvalue weighted by atomic mass is 10.2. The molecule has 19 heavy (non-hydrogen) atoms. The Bertz CT molecular complexity index is 617. The molecule has 0 aliphatic rings. The highest BCUT2D eigenvalue weighted by Crippen LogP contribution is 2.02. The molecule has 0 saturated carbocycles. The summed E-state index contributed by atoms with van der Waals surface area (Å²) in [6.07, 6.45) is 1.73. The van der Waals surface area contributed by atoms with Gasteiger partial charge in [-0.05, 0) is 17.7 Å². The van der Waals surface area contributed by atoms with E-state index < -0.39 is 5.97 Å². The number of esters is 1. The van der Waals surface area contributed by atoms with Gasteiger partial charge in [0.2, 0.25) is 0 Å². The normalized spacial score (nSPS) is 10.2. The van der Waals surface area contributed by atoms with E-state index in [1.165, 1.54) is 6.92 Å². The molecule has 0 spiro atoms. The summed E-state index contributed by atoms with van der Waals surface area (Å²) >= 11 is 0. The Kier molecular flexibility index (Phi) is 4.13. The van der Waals surface area contributed by atoms with Gasteiger partial charge in [-0.25, -0.2) is 0 Å². The van der Waals surface area contributed by atoms with Gasteiger partial charge in [-0.15, -0.1) is 0 Å². The third kappa shape index (κ3) is 3.55. The quantitative estimate of drug-likeness (QED) is 0.787. The van der Waals surface area contributed by atoms with Gasteiger partial charge in [0.05, 0.1) is 12.1 Å². The first-order valence-electron chi connectivity index (χ1n) is 6.02. The molecule has 1 aromatic heterocycles. The molecule has 1 aromatic carbocycles. The minimum atomic E-state index is -0.391. The van der Waals surface area contributed by atoms with Crippen molar-refractivity contribution in [3.63, 3.8) is 0 Å². The second-order valence-electron chi connectivity index (χ2n) is 4.23. The predicted octanol–water partition coefficient (Wildman–Crippen LogP) is 1.96. The van der Waals surface area contributed by atoms with Crippen molar-refractivity contribution < 1.29 is 9.53 Å². The van der Waals surface area contributed by atoms with Gasteiger partial charge in [0.15, 0.2) is 0 Å². The molecule has 2 aromatic rings. The van der Waals surface area contributed by atoms with Gasteiger partial charge in [-0.1, -0.05) is 30.3 Å². The summed E-state index contributed by atoms with van der Waals surface area (Å²) in [5.41, 5.74) is 1.40. The molecule has 0 N–H and O–H groups in total. The van der Waals surface area contributed by atoms with Crippen LogP contribution >= 0.6 is 0 Å². The molecule has 0 radical (unpaired) electrons. The third-order valence-corrected chi connectivity index (χ3v) is 2.73. The standard InChI is InChI=1S/C15H15NO3/c1-12(17)19-11-14-8-5-9-16(15(14)18)10-13-6-3-2-4-7-13/h2-9H,10-11H2,1H3. The fraction of sp³-hybridized carbons (Fsp3) is 0.200. The van der Waals surface area contributed by atoms with Gasteiger partial charge in [0, 0.05) is 13.1 Å². The number of pyridine rings is 1. The molecule has 0 aliphatic heterocycles. The molecule has 4 heteroatoms. The SMILES string of the molecule is CC(=O)OCc1cccn(Cc2ccccc2)c1=O. The number of hydrogen-bond acceptors (Lipinski definition) is 3. The summed E-state index contributed by atoms with van der Waals surface area (Å²) in [5, 5.41) is 0. The van der Waals surface area contributed by atoms with E-state index >= 15 is 0 Å².